The summed E-state index contributed by atoms with van der Waals surface area (Å²) in [6, 6.07) is 2.65. The number of para-hydroxylation sites is 1. The molecule has 0 bridgehead atoms. The van der Waals surface area contributed by atoms with Gasteiger partial charge in [-0.1, -0.05) is 12.1 Å². The van der Waals surface area contributed by atoms with Gasteiger partial charge in [-0.3, -0.25) is 0 Å². The van der Waals surface area contributed by atoms with Crippen molar-refractivity contribution in [2.45, 2.75) is 12.2 Å². The zero-order valence-corrected chi connectivity index (χ0v) is 8.58. The highest BCUT2D eigenvalue weighted by atomic mass is 19.4. The number of aliphatic hydroxyl groups is 1. The lowest BCUT2D eigenvalue weighted by atomic mass is 10.0. The van der Waals surface area contributed by atoms with Gasteiger partial charge in [-0.2, -0.15) is 13.2 Å². The summed E-state index contributed by atoms with van der Waals surface area (Å²) in [7, 11) is 1.14. The highest BCUT2D eigenvalue weighted by Crippen LogP contribution is 2.39. The predicted octanol–water partition coefficient (Wildman–Crippen LogP) is 1.71. The lowest BCUT2D eigenvalue weighted by Gasteiger charge is -2.18. The monoisotopic (exact) mass is 235 g/mol. The van der Waals surface area contributed by atoms with Crippen molar-refractivity contribution in [3.05, 3.63) is 29.3 Å². The quantitative estimate of drug-likeness (QED) is 0.838. The minimum atomic E-state index is -4.50. The SMILES string of the molecule is COc1c(C(N)CO)cccc1C(F)(F)F. The topological polar surface area (TPSA) is 55.5 Å². The third kappa shape index (κ3) is 2.45. The second kappa shape index (κ2) is 4.71. The lowest BCUT2D eigenvalue weighted by molar-refractivity contribution is -0.138. The molecule has 6 heteroatoms. The molecule has 0 saturated carbocycles. The van der Waals surface area contributed by atoms with Crippen molar-refractivity contribution in [2.75, 3.05) is 13.7 Å². The summed E-state index contributed by atoms with van der Waals surface area (Å²) >= 11 is 0. The van der Waals surface area contributed by atoms with Crippen LogP contribution < -0.4 is 10.5 Å². The number of halogens is 3. The molecule has 1 atom stereocenters. The normalized spacial score (nSPS) is 13.6. The molecule has 0 aliphatic carbocycles. The first-order chi connectivity index (χ1) is 7.41. The second-order valence-electron chi connectivity index (χ2n) is 3.21. The Morgan fingerprint density at radius 1 is 1.44 bits per heavy atom. The molecule has 16 heavy (non-hydrogen) atoms. The van der Waals surface area contributed by atoms with Crippen LogP contribution in [0.4, 0.5) is 13.2 Å². The molecule has 1 aromatic carbocycles. The maximum absolute atomic E-state index is 12.6. The summed E-state index contributed by atoms with van der Waals surface area (Å²) < 4.78 is 42.5. The van der Waals surface area contributed by atoms with Gasteiger partial charge in [-0.25, -0.2) is 0 Å². The van der Waals surface area contributed by atoms with Crippen molar-refractivity contribution >= 4 is 0 Å². The van der Waals surface area contributed by atoms with Crippen LogP contribution >= 0.6 is 0 Å². The van der Waals surface area contributed by atoms with Gasteiger partial charge in [-0.15, -0.1) is 0 Å². The molecule has 0 aliphatic heterocycles. The van der Waals surface area contributed by atoms with Gasteiger partial charge in [0.25, 0.3) is 0 Å². The number of nitrogens with two attached hydrogens (primary N) is 1. The van der Waals surface area contributed by atoms with Crippen molar-refractivity contribution in [2.24, 2.45) is 5.73 Å². The van der Waals surface area contributed by atoms with Crippen molar-refractivity contribution in [1.29, 1.82) is 0 Å². The van der Waals surface area contributed by atoms with E-state index < -0.39 is 24.4 Å². The number of rotatable bonds is 3. The Kier molecular flexibility index (Phi) is 3.77. The van der Waals surface area contributed by atoms with E-state index in [0.717, 1.165) is 13.2 Å². The van der Waals surface area contributed by atoms with E-state index in [1.54, 1.807) is 0 Å². The second-order valence-corrected chi connectivity index (χ2v) is 3.21. The van der Waals surface area contributed by atoms with Crippen LogP contribution in [0.5, 0.6) is 5.75 Å². The van der Waals surface area contributed by atoms with Crippen molar-refractivity contribution in [3.8, 4) is 5.75 Å². The average Bonchev–Trinajstić information content (AvgIpc) is 2.25. The number of aliphatic hydroxyl groups excluding tert-OH is 1. The Balaban J connectivity index is 3.32. The molecule has 90 valence electrons. The van der Waals surface area contributed by atoms with E-state index in [1.165, 1.54) is 12.1 Å². The first-order valence-corrected chi connectivity index (χ1v) is 4.52. The van der Waals surface area contributed by atoms with Gasteiger partial charge < -0.3 is 15.6 Å². The lowest BCUT2D eigenvalue weighted by Crippen LogP contribution is -2.18. The molecule has 0 amide bonds. The maximum Gasteiger partial charge on any atom is 0.419 e. The number of hydrogen-bond donors (Lipinski definition) is 2. The van der Waals surface area contributed by atoms with Crippen LogP contribution in [-0.2, 0) is 6.18 Å². The maximum atomic E-state index is 12.6. The van der Waals surface area contributed by atoms with E-state index in [2.05, 4.69) is 0 Å². The van der Waals surface area contributed by atoms with Crippen LogP contribution in [0.1, 0.15) is 17.2 Å². The summed E-state index contributed by atoms with van der Waals surface area (Å²) in [5.74, 6) is -0.337. The smallest absolute Gasteiger partial charge is 0.419 e. The van der Waals surface area contributed by atoms with E-state index in [1.807, 2.05) is 0 Å². The Morgan fingerprint density at radius 3 is 2.50 bits per heavy atom. The molecule has 3 nitrogen and oxygen atoms in total. The summed E-state index contributed by atoms with van der Waals surface area (Å²) in [6.07, 6.45) is -4.50. The predicted molar refractivity (Wildman–Crippen MR) is 52.0 cm³/mol. The van der Waals surface area contributed by atoms with Gasteiger partial charge in [0.2, 0.25) is 0 Å². The van der Waals surface area contributed by atoms with E-state index in [9.17, 15) is 13.2 Å². The highest BCUT2D eigenvalue weighted by molar-refractivity contribution is 5.44. The highest BCUT2D eigenvalue weighted by Gasteiger charge is 2.35. The first-order valence-electron chi connectivity index (χ1n) is 4.52. The zero-order chi connectivity index (χ0) is 12.3. The number of methoxy groups -OCH3 is 1. The fourth-order valence-electron chi connectivity index (χ4n) is 1.40. The van der Waals surface area contributed by atoms with Crippen LogP contribution in [0.25, 0.3) is 0 Å². The largest absolute Gasteiger partial charge is 0.496 e. The molecule has 0 aromatic heterocycles. The molecular formula is C10H12F3NO2. The molecule has 1 unspecified atom stereocenters. The van der Waals surface area contributed by atoms with E-state index in [-0.39, 0.29) is 11.3 Å². The van der Waals surface area contributed by atoms with E-state index >= 15 is 0 Å². The molecule has 0 saturated heterocycles. The summed E-state index contributed by atoms with van der Waals surface area (Å²) in [5.41, 5.74) is 4.73. The molecule has 0 aliphatic rings. The van der Waals surface area contributed by atoms with Gasteiger partial charge in [0.05, 0.1) is 25.3 Å². The summed E-state index contributed by atoms with van der Waals surface area (Å²) in [5, 5.41) is 8.84. The van der Waals surface area contributed by atoms with Crippen LogP contribution in [0.3, 0.4) is 0 Å². The Bertz CT molecular complexity index is 366. The van der Waals surface area contributed by atoms with Gasteiger partial charge in [-0.05, 0) is 6.07 Å². The van der Waals surface area contributed by atoms with Gasteiger partial charge in [0.15, 0.2) is 0 Å². The molecular weight excluding hydrogens is 223 g/mol. The van der Waals surface area contributed by atoms with Gasteiger partial charge in [0, 0.05) is 5.56 Å². The summed E-state index contributed by atoms with van der Waals surface area (Å²) in [4.78, 5) is 0. The van der Waals surface area contributed by atoms with Crippen LogP contribution in [-0.4, -0.2) is 18.8 Å². The average molecular weight is 235 g/mol. The molecule has 0 spiro atoms. The van der Waals surface area contributed by atoms with E-state index in [4.69, 9.17) is 15.6 Å². The van der Waals surface area contributed by atoms with Crippen molar-refractivity contribution in [1.82, 2.24) is 0 Å². The van der Waals surface area contributed by atoms with Gasteiger partial charge in [0.1, 0.15) is 5.75 Å². The van der Waals surface area contributed by atoms with Crippen molar-refractivity contribution in [3.63, 3.8) is 0 Å². The first kappa shape index (κ1) is 12.8. The Hall–Kier alpha value is -1.27. The minimum absolute atomic E-state index is 0.139. The Morgan fingerprint density at radius 2 is 2.06 bits per heavy atom. The minimum Gasteiger partial charge on any atom is -0.496 e. The fraction of sp³-hybridized carbons (Fsp3) is 0.400. The van der Waals surface area contributed by atoms with Crippen LogP contribution in [0, 0.1) is 0 Å². The fourth-order valence-corrected chi connectivity index (χ4v) is 1.40. The van der Waals surface area contributed by atoms with Crippen LogP contribution in [0.15, 0.2) is 18.2 Å². The third-order valence-corrected chi connectivity index (χ3v) is 2.15. The molecule has 3 N–H and O–H groups in total. The molecule has 1 rings (SSSR count). The van der Waals surface area contributed by atoms with Gasteiger partial charge >= 0.3 is 6.18 Å². The number of hydrogen-bond acceptors (Lipinski definition) is 3. The van der Waals surface area contributed by atoms with Crippen molar-refractivity contribution < 1.29 is 23.0 Å². The third-order valence-electron chi connectivity index (χ3n) is 2.15. The molecule has 0 radical (unpaired) electrons. The molecule has 0 heterocycles. The zero-order valence-electron chi connectivity index (χ0n) is 8.58. The summed E-state index contributed by atoms with van der Waals surface area (Å²) in [6.45, 7) is -0.447. The molecule has 0 fully saturated rings. The van der Waals surface area contributed by atoms with E-state index in [0.29, 0.717) is 0 Å². The van der Waals surface area contributed by atoms with Crippen LogP contribution in [0.2, 0.25) is 0 Å². The standard InChI is InChI=1S/C10H12F3NO2/c1-16-9-6(8(14)5-15)3-2-4-7(9)10(11,12)13/h2-4,8,15H,5,14H2,1H3. The number of ether oxygens (including phenoxy) is 1. The number of alkyl halides is 3. The number of benzene rings is 1. The molecule has 1 aromatic rings. The Labute approximate surface area is 90.6 Å².